The average Bonchev–Trinajstić information content (AvgIpc) is 2.63. The van der Waals surface area contributed by atoms with Crippen LogP contribution in [0.5, 0.6) is 0 Å². The van der Waals surface area contributed by atoms with Gasteiger partial charge in [0.25, 0.3) is 0 Å². The molecule has 0 saturated heterocycles. The molecule has 1 aliphatic carbocycles. The minimum atomic E-state index is -3.37. The van der Waals surface area contributed by atoms with Gasteiger partial charge in [-0.15, -0.1) is 0 Å². The Morgan fingerprint density at radius 1 is 1.00 bits per heavy atom. The largest absolute Gasteiger partial charge is 0.312 e. The highest BCUT2D eigenvalue weighted by molar-refractivity contribution is 7.89. The van der Waals surface area contributed by atoms with Crippen molar-refractivity contribution >= 4 is 10.0 Å². The second kappa shape index (κ2) is 10.4. The first-order chi connectivity index (χ1) is 12.5. The van der Waals surface area contributed by atoms with E-state index in [1.165, 1.54) is 25.7 Å². The fourth-order valence-corrected chi connectivity index (χ4v) is 5.36. The molecule has 0 heterocycles. The number of nitrogens with one attached hydrogen (secondary N) is 1. The number of nitrogens with zero attached hydrogens (tertiary/aromatic N) is 1. The van der Waals surface area contributed by atoms with Gasteiger partial charge in [-0.05, 0) is 61.8 Å². The van der Waals surface area contributed by atoms with E-state index in [0.29, 0.717) is 18.0 Å². The molecule has 1 aromatic rings. The van der Waals surface area contributed by atoms with Gasteiger partial charge in [0.2, 0.25) is 10.0 Å². The van der Waals surface area contributed by atoms with Gasteiger partial charge in [0.15, 0.2) is 0 Å². The molecule has 1 aliphatic rings. The molecule has 0 aromatic heterocycles. The van der Waals surface area contributed by atoms with E-state index in [2.05, 4.69) is 12.2 Å². The Hall–Kier alpha value is -0.910. The first-order valence-electron chi connectivity index (χ1n) is 10.3. The van der Waals surface area contributed by atoms with Crippen LogP contribution in [0.2, 0.25) is 0 Å². The standard InChI is InChI=1S/C21H36N2O2S/c1-4-14-23(15-5-2)26(24,25)21-12-10-20(11-13-21)17-22-16-19-8-6-18(3)7-9-19/h10-13,18-19,22H,4-9,14-17H2,1-3H3. The highest BCUT2D eigenvalue weighted by Crippen LogP contribution is 2.27. The van der Waals surface area contributed by atoms with Crippen LogP contribution in [-0.4, -0.2) is 32.4 Å². The first-order valence-corrected chi connectivity index (χ1v) is 11.7. The molecule has 0 unspecified atom stereocenters. The quantitative estimate of drug-likeness (QED) is 0.654. The molecular formula is C21H36N2O2S. The SMILES string of the molecule is CCCN(CCC)S(=O)(=O)c1ccc(CNCC2CCC(C)CC2)cc1. The first kappa shape index (κ1) is 21.4. The van der Waals surface area contributed by atoms with Crippen LogP contribution in [0.3, 0.4) is 0 Å². The van der Waals surface area contributed by atoms with Crippen molar-refractivity contribution in [3.8, 4) is 0 Å². The van der Waals surface area contributed by atoms with Crippen molar-refractivity contribution in [2.24, 2.45) is 11.8 Å². The van der Waals surface area contributed by atoms with Gasteiger partial charge in [-0.2, -0.15) is 4.31 Å². The van der Waals surface area contributed by atoms with E-state index in [1.807, 2.05) is 26.0 Å². The highest BCUT2D eigenvalue weighted by Gasteiger charge is 2.22. The summed E-state index contributed by atoms with van der Waals surface area (Å²) < 4.78 is 27.2. The summed E-state index contributed by atoms with van der Waals surface area (Å²) in [6.07, 6.45) is 7.03. The molecule has 4 nitrogen and oxygen atoms in total. The zero-order chi connectivity index (χ0) is 19.0. The van der Waals surface area contributed by atoms with Gasteiger partial charge in [-0.1, -0.05) is 45.7 Å². The maximum Gasteiger partial charge on any atom is 0.243 e. The molecule has 5 heteroatoms. The third kappa shape index (κ3) is 6.07. The lowest BCUT2D eigenvalue weighted by molar-refractivity contribution is 0.281. The molecule has 0 bridgehead atoms. The van der Waals surface area contributed by atoms with Crippen molar-refractivity contribution in [3.05, 3.63) is 29.8 Å². The predicted octanol–water partition coefficient (Wildman–Crippen LogP) is 4.41. The fraction of sp³-hybridized carbons (Fsp3) is 0.714. The van der Waals surface area contributed by atoms with Gasteiger partial charge in [0.1, 0.15) is 0 Å². The molecule has 1 N–H and O–H groups in total. The van der Waals surface area contributed by atoms with Crippen LogP contribution < -0.4 is 5.32 Å². The van der Waals surface area contributed by atoms with Crippen molar-refractivity contribution in [2.75, 3.05) is 19.6 Å². The number of benzene rings is 1. The maximum atomic E-state index is 12.8. The van der Waals surface area contributed by atoms with Crippen LogP contribution in [0.25, 0.3) is 0 Å². The lowest BCUT2D eigenvalue weighted by Crippen LogP contribution is -2.32. The lowest BCUT2D eigenvalue weighted by Gasteiger charge is -2.26. The van der Waals surface area contributed by atoms with Gasteiger partial charge in [0.05, 0.1) is 4.90 Å². The smallest absolute Gasteiger partial charge is 0.243 e. The molecule has 148 valence electrons. The van der Waals surface area contributed by atoms with E-state index in [4.69, 9.17) is 0 Å². The molecule has 1 saturated carbocycles. The lowest BCUT2D eigenvalue weighted by atomic mass is 9.83. The maximum absolute atomic E-state index is 12.8. The summed E-state index contributed by atoms with van der Waals surface area (Å²) in [7, 11) is -3.37. The predicted molar refractivity (Wildman–Crippen MR) is 109 cm³/mol. The second-order valence-corrected chi connectivity index (χ2v) is 9.74. The average molecular weight is 381 g/mol. The monoisotopic (exact) mass is 380 g/mol. The van der Waals surface area contributed by atoms with E-state index >= 15 is 0 Å². The number of hydrogen-bond acceptors (Lipinski definition) is 3. The molecular weight excluding hydrogens is 344 g/mol. The Labute approximate surface area is 160 Å². The van der Waals surface area contributed by atoms with E-state index in [1.54, 1.807) is 16.4 Å². The zero-order valence-corrected chi connectivity index (χ0v) is 17.5. The molecule has 0 aliphatic heterocycles. The topological polar surface area (TPSA) is 49.4 Å². The molecule has 26 heavy (non-hydrogen) atoms. The van der Waals surface area contributed by atoms with Crippen LogP contribution in [0.15, 0.2) is 29.2 Å². The van der Waals surface area contributed by atoms with Crippen molar-refractivity contribution in [1.29, 1.82) is 0 Å². The third-order valence-electron chi connectivity index (χ3n) is 5.40. The van der Waals surface area contributed by atoms with Crippen LogP contribution in [0.1, 0.15) is 64.9 Å². The molecule has 0 spiro atoms. The van der Waals surface area contributed by atoms with Crippen molar-refractivity contribution in [3.63, 3.8) is 0 Å². The molecule has 1 fully saturated rings. The molecule has 2 rings (SSSR count). The fourth-order valence-electron chi connectivity index (χ4n) is 3.73. The number of sulfonamides is 1. The van der Waals surface area contributed by atoms with Gasteiger partial charge in [-0.25, -0.2) is 8.42 Å². The summed E-state index contributed by atoms with van der Waals surface area (Å²) in [5, 5.41) is 3.55. The summed E-state index contributed by atoms with van der Waals surface area (Å²) >= 11 is 0. The molecule has 0 atom stereocenters. The minimum absolute atomic E-state index is 0.407. The van der Waals surface area contributed by atoms with E-state index < -0.39 is 10.0 Å². The summed E-state index contributed by atoms with van der Waals surface area (Å²) in [6.45, 7) is 9.41. The molecule has 1 aromatic carbocycles. The van der Waals surface area contributed by atoms with E-state index in [9.17, 15) is 8.42 Å². The van der Waals surface area contributed by atoms with Crippen LogP contribution >= 0.6 is 0 Å². The molecule has 0 radical (unpaired) electrons. The summed E-state index contributed by atoms with van der Waals surface area (Å²) in [4.78, 5) is 0.407. The van der Waals surface area contributed by atoms with Gasteiger partial charge in [0, 0.05) is 19.6 Å². The van der Waals surface area contributed by atoms with Crippen molar-refractivity contribution in [1.82, 2.24) is 9.62 Å². The summed E-state index contributed by atoms with van der Waals surface area (Å²) in [5.74, 6) is 1.68. The summed E-state index contributed by atoms with van der Waals surface area (Å²) in [6, 6.07) is 7.40. The molecule has 0 amide bonds. The Kier molecular flexibility index (Phi) is 8.58. The van der Waals surface area contributed by atoms with E-state index in [0.717, 1.165) is 43.3 Å². The van der Waals surface area contributed by atoms with Gasteiger partial charge >= 0.3 is 0 Å². The Bertz CT molecular complexity index is 614. The normalized spacial score (nSPS) is 21.2. The Balaban J connectivity index is 1.88. The Morgan fingerprint density at radius 2 is 1.58 bits per heavy atom. The minimum Gasteiger partial charge on any atom is -0.312 e. The number of rotatable bonds is 10. The van der Waals surface area contributed by atoms with Crippen LogP contribution in [0, 0.1) is 11.8 Å². The van der Waals surface area contributed by atoms with Gasteiger partial charge < -0.3 is 5.32 Å². The van der Waals surface area contributed by atoms with Crippen LogP contribution in [0.4, 0.5) is 0 Å². The van der Waals surface area contributed by atoms with E-state index in [-0.39, 0.29) is 0 Å². The zero-order valence-electron chi connectivity index (χ0n) is 16.7. The summed E-state index contributed by atoms with van der Waals surface area (Å²) in [5.41, 5.74) is 1.14. The van der Waals surface area contributed by atoms with Crippen molar-refractivity contribution < 1.29 is 8.42 Å². The van der Waals surface area contributed by atoms with Gasteiger partial charge in [-0.3, -0.25) is 0 Å². The second-order valence-electron chi connectivity index (χ2n) is 7.80. The highest BCUT2D eigenvalue weighted by atomic mass is 32.2. The number of hydrogen-bond donors (Lipinski definition) is 1. The van der Waals surface area contributed by atoms with Crippen molar-refractivity contribution in [2.45, 2.75) is 70.7 Å². The third-order valence-corrected chi connectivity index (χ3v) is 7.32. The Morgan fingerprint density at radius 3 is 2.12 bits per heavy atom. The van der Waals surface area contributed by atoms with Crippen LogP contribution in [-0.2, 0) is 16.6 Å².